The molecule has 1 N–H and O–H groups in total. The second kappa shape index (κ2) is 5.56. The van der Waals surface area contributed by atoms with E-state index in [0.717, 1.165) is 23.7 Å². The molecule has 1 aromatic carbocycles. The predicted molar refractivity (Wildman–Crippen MR) is 87.8 cm³/mol. The van der Waals surface area contributed by atoms with E-state index >= 15 is 0 Å². The lowest BCUT2D eigenvalue weighted by Gasteiger charge is -1.99. The number of carbonyl (C=O) groups excluding carboxylic acids is 1. The van der Waals surface area contributed by atoms with E-state index < -0.39 is 0 Å². The van der Waals surface area contributed by atoms with Crippen LogP contribution in [0.3, 0.4) is 0 Å². The summed E-state index contributed by atoms with van der Waals surface area (Å²) in [6.07, 6.45) is 0. The van der Waals surface area contributed by atoms with Gasteiger partial charge in [-0.15, -0.1) is 22.7 Å². The number of halogens is 1. The molecule has 96 valence electrons. The first-order chi connectivity index (χ1) is 9.22. The summed E-state index contributed by atoms with van der Waals surface area (Å²) in [5, 5.41) is 5.70. The average molecular weight is 400 g/mol. The highest BCUT2D eigenvalue weighted by molar-refractivity contribution is 14.1. The fraction of sp³-hybridized carbons (Fsp3) is 0.0769. The molecule has 0 fully saturated rings. The van der Waals surface area contributed by atoms with E-state index in [1.165, 1.54) is 0 Å². The Labute approximate surface area is 131 Å². The van der Waals surface area contributed by atoms with Crippen molar-refractivity contribution < 1.29 is 4.79 Å². The Hall–Kier alpha value is -0.990. The number of hydrogen-bond donors (Lipinski definition) is 1. The standard InChI is InChI=1S/C13H9IN2OS2/c14-11-5-8(7-18-11)13(17)15-6-12-16-9-3-1-2-4-10(9)19-12/h1-5,7H,6H2,(H,15,17). The van der Waals surface area contributed by atoms with E-state index in [4.69, 9.17) is 0 Å². The second-order valence-corrected chi connectivity index (χ2v) is 7.82. The number of thiophene rings is 1. The van der Waals surface area contributed by atoms with Crippen LogP contribution in [0.1, 0.15) is 15.4 Å². The number of nitrogens with one attached hydrogen (secondary N) is 1. The number of para-hydroxylation sites is 1. The Morgan fingerprint density at radius 2 is 2.21 bits per heavy atom. The normalized spacial score (nSPS) is 10.8. The molecule has 19 heavy (non-hydrogen) atoms. The summed E-state index contributed by atoms with van der Waals surface area (Å²) in [4.78, 5) is 16.4. The topological polar surface area (TPSA) is 42.0 Å². The van der Waals surface area contributed by atoms with Crippen molar-refractivity contribution in [2.24, 2.45) is 0 Å². The van der Waals surface area contributed by atoms with Crippen LogP contribution in [0, 0.1) is 2.88 Å². The van der Waals surface area contributed by atoms with Crippen LogP contribution in [0.15, 0.2) is 35.7 Å². The molecule has 0 bridgehead atoms. The van der Waals surface area contributed by atoms with Crippen molar-refractivity contribution >= 4 is 61.4 Å². The quantitative estimate of drug-likeness (QED) is 0.678. The smallest absolute Gasteiger partial charge is 0.252 e. The lowest BCUT2D eigenvalue weighted by atomic mass is 10.3. The van der Waals surface area contributed by atoms with Crippen molar-refractivity contribution in [1.82, 2.24) is 10.3 Å². The summed E-state index contributed by atoms with van der Waals surface area (Å²) in [5.74, 6) is -0.0431. The molecule has 0 radical (unpaired) electrons. The summed E-state index contributed by atoms with van der Waals surface area (Å²) in [6, 6.07) is 9.88. The van der Waals surface area contributed by atoms with Crippen molar-refractivity contribution in [1.29, 1.82) is 0 Å². The van der Waals surface area contributed by atoms with Gasteiger partial charge in [0, 0.05) is 5.38 Å². The Kier molecular flexibility index (Phi) is 3.81. The zero-order valence-corrected chi connectivity index (χ0v) is 13.5. The fourth-order valence-electron chi connectivity index (χ4n) is 1.68. The highest BCUT2D eigenvalue weighted by Gasteiger charge is 2.09. The van der Waals surface area contributed by atoms with Crippen LogP contribution in [0.2, 0.25) is 0 Å². The number of hydrogen-bond acceptors (Lipinski definition) is 4. The highest BCUT2D eigenvalue weighted by atomic mass is 127. The van der Waals surface area contributed by atoms with Crippen LogP contribution in [-0.2, 0) is 6.54 Å². The molecule has 0 saturated carbocycles. The number of nitrogens with zero attached hydrogens (tertiary/aromatic N) is 1. The minimum absolute atomic E-state index is 0.0431. The molecule has 6 heteroatoms. The van der Waals surface area contributed by atoms with E-state index in [9.17, 15) is 4.79 Å². The molecule has 0 atom stereocenters. The third-order valence-corrected chi connectivity index (χ3v) is 5.39. The van der Waals surface area contributed by atoms with Crippen LogP contribution in [-0.4, -0.2) is 10.9 Å². The molecular formula is C13H9IN2OS2. The maximum atomic E-state index is 11.9. The van der Waals surface area contributed by atoms with Gasteiger partial charge in [-0.1, -0.05) is 12.1 Å². The van der Waals surface area contributed by atoms with E-state index in [0.29, 0.717) is 6.54 Å². The number of thiazole rings is 1. The summed E-state index contributed by atoms with van der Waals surface area (Å²) >= 11 is 5.40. The first-order valence-corrected chi connectivity index (χ1v) is 8.36. The van der Waals surface area contributed by atoms with Gasteiger partial charge in [0.15, 0.2) is 0 Å². The zero-order chi connectivity index (χ0) is 13.2. The Morgan fingerprint density at radius 3 is 2.95 bits per heavy atom. The van der Waals surface area contributed by atoms with Crippen LogP contribution in [0.25, 0.3) is 10.2 Å². The minimum atomic E-state index is -0.0431. The predicted octanol–water partition coefficient (Wildman–Crippen LogP) is 3.89. The highest BCUT2D eigenvalue weighted by Crippen LogP contribution is 2.21. The SMILES string of the molecule is O=C(NCc1nc2ccccc2s1)c1csc(I)c1. The number of carbonyl (C=O) groups is 1. The molecule has 0 aliphatic heterocycles. The van der Waals surface area contributed by atoms with E-state index in [-0.39, 0.29) is 5.91 Å². The van der Waals surface area contributed by atoms with Crippen molar-refractivity contribution in [2.75, 3.05) is 0 Å². The maximum Gasteiger partial charge on any atom is 0.252 e. The lowest BCUT2D eigenvalue weighted by molar-refractivity contribution is 0.0951. The van der Waals surface area contributed by atoms with Crippen molar-refractivity contribution in [3.05, 3.63) is 49.2 Å². The summed E-state index contributed by atoms with van der Waals surface area (Å²) in [7, 11) is 0. The third kappa shape index (κ3) is 2.96. The van der Waals surface area contributed by atoms with Gasteiger partial charge < -0.3 is 5.32 Å². The molecule has 0 aliphatic rings. The molecule has 0 saturated heterocycles. The van der Waals surface area contributed by atoms with Gasteiger partial charge in [-0.05, 0) is 40.8 Å². The van der Waals surface area contributed by atoms with E-state index in [1.54, 1.807) is 22.7 Å². The molecule has 2 heterocycles. The number of rotatable bonds is 3. The first-order valence-electron chi connectivity index (χ1n) is 5.59. The van der Waals surface area contributed by atoms with Gasteiger partial charge in [-0.25, -0.2) is 4.98 Å². The molecular weight excluding hydrogens is 391 g/mol. The van der Waals surface area contributed by atoms with Gasteiger partial charge in [0.05, 0.1) is 25.2 Å². The van der Waals surface area contributed by atoms with Crippen LogP contribution in [0.5, 0.6) is 0 Å². The van der Waals surface area contributed by atoms with Gasteiger partial charge >= 0.3 is 0 Å². The maximum absolute atomic E-state index is 11.9. The Morgan fingerprint density at radius 1 is 1.37 bits per heavy atom. The molecule has 3 rings (SSSR count). The van der Waals surface area contributed by atoms with E-state index in [2.05, 4.69) is 32.9 Å². The van der Waals surface area contributed by atoms with Crippen molar-refractivity contribution in [3.8, 4) is 0 Å². The molecule has 3 nitrogen and oxygen atoms in total. The van der Waals surface area contributed by atoms with Crippen molar-refractivity contribution in [2.45, 2.75) is 6.54 Å². The Balaban J connectivity index is 1.70. The Bertz CT molecular complexity index is 702. The summed E-state index contributed by atoms with van der Waals surface area (Å²) in [5.41, 5.74) is 1.71. The molecule has 3 aromatic rings. The van der Waals surface area contributed by atoms with Gasteiger partial charge in [0.25, 0.3) is 5.91 Å². The monoisotopic (exact) mass is 400 g/mol. The minimum Gasteiger partial charge on any atom is -0.345 e. The van der Waals surface area contributed by atoms with Crippen LogP contribution >= 0.6 is 45.3 Å². The largest absolute Gasteiger partial charge is 0.345 e. The van der Waals surface area contributed by atoms with Crippen LogP contribution in [0.4, 0.5) is 0 Å². The fourth-order valence-corrected chi connectivity index (χ4v) is 3.92. The summed E-state index contributed by atoms with van der Waals surface area (Å²) in [6.45, 7) is 0.477. The second-order valence-electron chi connectivity index (χ2n) is 3.90. The zero-order valence-electron chi connectivity index (χ0n) is 9.72. The van der Waals surface area contributed by atoms with Gasteiger partial charge in [0.2, 0.25) is 0 Å². The molecule has 2 aromatic heterocycles. The molecule has 0 aliphatic carbocycles. The molecule has 0 spiro atoms. The summed E-state index contributed by atoms with van der Waals surface area (Å²) < 4.78 is 2.26. The first kappa shape index (κ1) is 13.0. The lowest BCUT2D eigenvalue weighted by Crippen LogP contribution is -2.22. The van der Waals surface area contributed by atoms with Gasteiger partial charge in [0.1, 0.15) is 5.01 Å². The van der Waals surface area contributed by atoms with Gasteiger partial charge in [-0.3, -0.25) is 4.79 Å². The number of aromatic nitrogens is 1. The van der Waals surface area contributed by atoms with Crippen LogP contribution < -0.4 is 5.32 Å². The van der Waals surface area contributed by atoms with E-state index in [1.807, 2.05) is 35.7 Å². The number of benzene rings is 1. The average Bonchev–Trinajstić information content (AvgIpc) is 3.01. The number of fused-ring (bicyclic) bond motifs is 1. The van der Waals surface area contributed by atoms with Crippen molar-refractivity contribution in [3.63, 3.8) is 0 Å². The number of amides is 1. The van der Waals surface area contributed by atoms with Gasteiger partial charge in [-0.2, -0.15) is 0 Å². The molecule has 0 unspecified atom stereocenters. The third-order valence-electron chi connectivity index (χ3n) is 2.57. The molecule has 1 amide bonds.